The Morgan fingerprint density at radius 3 is 2.58 bits per heavy atom. The van der Waals surface area contributed by atoms with Crippen LogP contribution in [0.15, 0.2) is 40.2 Å². The summed E-state index contributed by atoms with van der Waals surface area (Å²) in [4.78, 5) is 8.19. The Morgan fingerprint density at radius 1 is 1.21 bits per heavy atom. The van der Waals surface area contributed by atoms with E-state index in [0.29, 0.717) is 5.92 Å². The van der Waals surface area contributed by atoms with E-state index in [1.165, 1.54) is 37.4 Å². The van der Waals surface area contributed by atoms with Crippen molar-refractivity contribution < 1.29 is 0 Å². The van der Waals surface area contributed by atoms with Gasteiger partial charge < -0.3 is 15.5 Å². The van der Waals surface area contributed by atoms with Crippen LogP contribution in [0.5, 0.6) is 0 Å². The Labute approximate surface area is 168 Å². The number of hydrogen-bond acceptors (Lipinski definition) is 3. The average molecular weight is 462 g/mol. The third kappa shape index (κ3) is 8.58. The summed E-state index contributed by atoms with van der Waals surface area (Å²) in [6.07, 6.45) is 2.73. The first-order valence-corrected chi connectivity index (χ1v) is 9.61. The van der Waals surface area contributed by atoms with Crippen LogP contribution in [-0.4, -0.2) is 56.4 Å². The number of nitrogens with zero attached hydrogens (tertiary/aromatic N) is 2. The third-order valence-corrected chi connectivity index (χ3v) is 5.03. The van der Waals surface area contributed by atoms with Gasteiger partial charge in [0, 0.05) is 37.3 Å². The first kappa shape index (κ1) is 21.6. The van der Waals surface area contributed by atoms with Gasteiger partial charge in [0.2, 0.25) is 0 Å². The highest BCUT2D eigenvalue weighted by atomic mass is 127. The molecule has 0 bridgehead atoms. The normalized spacial score (nSPS) is 16.5. The molecule has 0 aromatic heterocycles. The monoisotopic (exact) mass is 462 g/mol. The van der Waals surface area contributed by atoms with Crippen molar-refractivity contribution >= 4 is 41.7 Å². The summed E-state index contributed by atoms with van der Waals surface area (Å²) in [7, 11) is 1.84. The van der Waals surface area contributed by atoms with Crippen LogP contribution in [0.4, 0.5) is 0 Å². The second-order valence-electron chi connectivity index (χ2n) is 6.15. The Hall–Kier alpha value is -0.470. The molecule has 136 valence electrons. The number of guanidine groups is 1. The van der Waals surface area contributed by atoms with Crippen molar-refractivity contribution in [2.75, 3.05) is 45.5 Å². The van der Waals surface area contributed by atoms with Crippen molar-refractivity contribution in [3.05, 3.63) is 30.3 Å². The van der Waals surface area contributed by atoms with E-state index in [9.17, 15) is 0 Å². The fourth-order valence-corrected chi connectivity index (χ4v) is 3.61. The van der Waals surface area contributed by atoms with E-state index in [4.69, 9.17) is 0 Å². The van der Waals surface area contributed by atoms with E-state index >= 15 is 0 Å². The zero-order chi connectivity index (χ0) is 16.3. The van der Waals surface area contributed by atoms with Gasteiger partial charge in [-0.1, -0.05) is 25.1 Å². The molecule has 1 aromatic rings. The van der Waals surface area contributed by atoms with E-state index in [1.54, 1.807) is 0 Å². The third-order valence-electron chi connectivity index (χ3n) is 4.02. The maximum absolute atomic E-state index is 4.31. The van der Waals surface area contributed by atoms with E-state index < -0.39 is 0 Å². The van der Waals surface area contributed by atoms with Crippen LogP contribution >= 0.6 is 35.7 Å². The van der Waals surface area contributed by atoms with Gasteiger partial charge in [0.15, 0.2) is 5.96 Å². The first-order chi connectivity index (χ1) is 11.3. The molecule has 1 aliphatic heterocycles. The summed E-state index contributed by atoms with van der Waals surface area (Å²) >= 11 is 1.87. The lowest BCUT2D eigenvalue weighted by Crippen LogP contribution is -2.42. The van der Waals surface area contributed by atoms with E-state index in [2.05, 4.69) is 57.8 Å². The fraction of sp³-hybridized carbons (Fsp3) is 0.611. The molecule has 1 aliphatic rings. The largest absolute Gasteiger partial charge is 0.356 e. The number of halogens is 1. The summed E-state index contributed by atoms with van der Waals surface area (Å²) in [5.41, 5.74) is 0. The van der Waals surface area contributed by atoms with Gasteiger partial charge in [0.25, 0.3) is 0 Å². The first-order valence-electron chi connectivity index (χ1n) is 8.62. The van der Waals surface area contributed by atoms with Crippen LogP contribution < -0.4 is 10.6 Å². The molecule has 6 heteroatoms. The topological polar surface area (TPSA) is 39.7 Å². The standard InChI is InChI=1S/C18H30N4S.HI/c1-16(15-22-11-6-7-12-22)14-21-18(19-2)20-10-13-23-17-8-4-3-5-9-17;/h3-5,8-9,16H,6-7,10-15H2,1-2H3,(H2,19,20,21);1H. The van der Waals surface area contributed by atoms with Crippen molar-refractivity contribution in [1.82, 2.24) is 15.5 Å². The van der Waals surface area contributed by atoms with Crippen molar-refractivity contribution in [1.29, 1.82) is 0 Å². The van der Waals surface area contributed by atoms with Crippen LogP contribution in [0.2, 0.25) is 0 Å². The molecule has 0 saturated carbocycles. The lowest BCUT2D eigenvalue weighted by atomic mass is 10.1. The van der Waals surface area contributed by atoms with Crippen LogP contribution in [0, 0.1) is 5.92 Å². The number of hydrogen-bond donors (Lipinski definition) is 2. The molecule has 0 amide bonds. The molecule has 1 fully saturated rings. The average Bonchev–Trinajstić information content (AvgIpc) is 3.08. The number of thioether (sulfide) groups is 1. The number of rotatable bonds is 8. The summed E-state index contributed by atoms with van der Waals surface area (Å²) in [6.45, 7) is 7.93. The van der Waals surface area contributed by atoms with Gasteiger partial charge in [-0.3, -0.25) is 4.99 Å². The van der Waals surface area contributed by atoms with Crippen molar-refractivity contribution in [3.8, 4) is 0 Å². The molecular formula is C18H31IN4S. The summed E-state index contributed by atoms with van der Waals surface area (Å²) < 4.78 is 0. The molecule has 24 heavy (non-hydrogen) atoms. The summed E-state index contributed by atoms with van der Waals surface area (Å²) in [6, 6.07) is 10.5. The minimum absolute atomic E-state index is 0. The van der Waals surface area contributed by atoms with Gasteiger partial charge in [-0.05, 0) is 44.0 Å². The van der Waals surface area contributed by atoms with Crippen molar-refractivity contribution in [3.63, 3.8) is 0 Å². The van der Waals surface area contributed by atoms with Gasteiger partial charge in [-0.15, -0.1) is 35.7 Å². The summed E-state index contributed by atoms with van der Waals surface area (Å²) in [5, 5.41) is 6.84. The van der Waals surface area contributed by atoms with Gasteiger partial charge in [-0.25, -0.2) is 0 Å². The smallest absolute Gasteiger partial charge is 0.191 e. The highest BCUT2D eigenvalue weighted by Crippen LogP contribution is 2.15. The van der Waals surface area contributed by atoms with E-state index in [0.717, 1.165) is 24.8 Å². The highest BCUT2D eigenvalue weighted by molar-refractivity contribution is 14.0. The van der Waals surface area contributed by atoms with Crippen LogP contribution in [0.25, 0.3) is 0 Å². The molecule has 1 unspecified atom stereocenters. The Bertz CT molecular complexity index is 463. The SMILES string of the molecule is CN=C(NCCSc1ccccc1)NCC(C)CN1CCCC1.I. The molecule has 2 rings (SSSR count). The second-order valence-corrected chi connectivity index (χ2v) is 7.32. The molecule has 0 aliphatic carbocycles. The predicted octanol–water partition coefficient (Wildman–Crippen LogP) is 3.29. The maximum Gasteiger partial charge on any atom is 0.191 e. The van der Waals surface area contributed by atoms with Crippen LogP contribution in [0.3, 0.4) is 0 Å². The van der Waals surface area contributed by atoms with Crippen molar-refractivity contribution in [2.45, 2.75) is 24.7 Å². The maximum atomic E-state index is 4.31. The van der Waals surface area contributed by atoms with Crippen molar-refractivity contribution in [2.24, 2.45) is 10.9 Å². The van der Waals surface area contributed by atoms with Crippen LogP contribution in [0.1, 0.15) is 19.8 Å². The molecule has 0 radical (unpaired) electrons. The lowest BCUT2D eigenvalue weighted by molar-refractivity contribution is 0.287. The molecule has 1 aromatic carbocycles. The second kappa shape index (κ2) is 12.8. The Balaban J connectivity index is 0.00000288. The number of aliphatic imine (C=N–C) groups is 1. The zero-order valence-corrected chi connectivity index (χ0v) is 18.0. The van der Waals surface area contributed by atoms with E-state index in [-0.39, 0.29) is 24.0 Å². The zero-order valence-electron chi connectivity index (χ0n) is 14.8. The number of benzene rings is 1. The quantitative estimate of drug-likeness (QED) is 0.205. The number of nitrogens with one attached hydrogen (secondary N) is 2. The van der Waals surface area contributed by atoms with Gasteiger partial charge in [0.1, 0.15) is 0 Å². The summed E-state index contributed by atoms with van der Waals surface area (Å²) in [5.74, 6) is 2.59. The Morgan fingerprint density at radius 2 is 1.92 bits per heavy atom. The van der Waals surface area contributed by atoms with Gasteiger partial charge in [0.05, 0.1) is 0 Å². The molecule has 0 spiro atoms. The lowest BCUT2D eigenvalue weighted by Gasteiger charge is -2.21. The van der Waals surface area contributed by atoms with Crippen LogP contribution in [-0.2, 0) is 0 Å². The molecule has 1 heterocycles. The molecular weight excluding hydrogens is 431 g/mol. The molecule has 4 nitrogen and oxygen atoms in total. The number of likely N-dealkylation sites (tertiary alicyclic amines) is 1. The Kier molecular flexibility index (Phi) is 11.5. The molecule has 1 atom stereocenters. The molecule has 2 N–H and O–H groups in total. The van der Waals surface area contributed by atoms with Gasteiger partial charge in [-0.2, -0.15) is 0 Å². The highest BCUT2D eigenvalue weighted by Gasteiger charge is 2.14. The minimum atomic E-state index is 0. The minimum Gasteiger partial charge on any atom is -0.356 e. The predicted molar refractivity (Wildman–Crippen MR) is 117 cm³/mol. The molecule has 1 saturated heterocycles. The van der Waals surface area contributed by atoms with Gasteiger partial charge >= 0.3 is 0 Å². The van der Waals surface area contributed by atoms with E-state index in [1.807, 2.05) is 18.8 Å². The fourth-order valence-electron chi connectivity index (χ4n) is 2.82.